The second-order valence-electron chi connectivity index (χ2n) is 6.74. The first-order valence-electron chi connectivity index (χ1n) is 9.12. The zero-order chi connectivity index (χ0) is 18.1. The number of nitrogens with one attached hydrogen (secondary N) is 2. The fourth-order valence-corrected chi connectivity index (χ4v) is 2.70. The van der Waals surface area contributed by atoms with Crippen molar-refractivity contribution in [2.45, 2.75) is 20.3 Å². The molecule has 2 rings (SSSR count). The minimum atomic E-state index is -0.0813. The van der Waals surface area contributed by atoms with Gasteiger partial charge in [0.25, 0.3) is 5.91 Å². The number of methoxy groups -OCH3 is 1. The molecule has 1 aromatic rings. The van der Waals surface area contributed by atoms with E-state index in [4.69, 9.17) is 9.47 Å². The fraction of sp³-hybridized carbons (Fsp3) is 0.632. The predicted octanol–water partition coefficient (Wildman–Crippen LogP) is 1.76. The van der Waals surface area contributed by atoms with Crippen molar-refractivity contribution in [3.05, 3.63) is 23.8 Å². The molecule has 0 aliphatic carbocycles. The van der Waals surface area contributed by atoms with E-state index in [0.717, 1.165) is 39.1 Å². The molecule has 1 heterocycles. The van der Waals surface area contributed by atoms with E-state index in [1.807, 2.05) is 6.07 Å². The molecule has 25 heavy (non-hydrogen) atoms. The summed E-state index contributed by atoms with van der Waals surface area (Å²) in [6.07, 6.45) is 0.984. The van der Waals surface area contributed by atoms with Crippen LogP contribution in [0.2, 0.25) is 0 Å². The summed E-state index contributed by atoms with van der Waals surface area (Å²) in [5, 5.41) is 6.30. The van der Waals surface area contributed by atoms with Crippen molar-refractivity contribution >= 4 is 5.91 Å². The lowest BCUT2D eigenvalue weighted by Gasteiger charge is -2.27. The van der Waals surface area contributed by atoms with Gasteiger partial charge in [0.05, 0.1) is 13.7 Å². The summed E-state index contributed by atoms with van der Waals surface area (Å²) in [6.45, 7) is 10.6. The number of hydrogen-bond acceptors (Lipinski definition) is 5. The number of rotatable bonds is 9. The lowest BCUT2D eigenvalue weighted by Crippen LogP contribution is -2.46. The van der Waals surface area contributed by atoms with Crippen molar-refractivity contribution in [2.75, 3.05) is 53.0 Å². The van der Waals surface area contributed by atoms with Gasteiger partial charge in [-0.1, -0.05) is 13.8 Å². The summed E-state index contributed by atoms with van der Waals surface area (Å²) in [4.78, 5) is 14.7. The van der Waals surface area contributed by atoms with Crippen LogP contribution in [0.5, 0.6) is 11.5 Å². The van der Waals surface area contributed by atoms with E-state index in [2.05, 4.69) is 29.4 Å². The molecule has 2 N–H and O–H groups in total. The molecule has 1 amide bonds. The van der Waals surface area contributed by atoms with Gasteiger partial charge in [0, 0.05) is 44.8 Å². The highest BCUT2D eigenvalue weighted by molar-refractivity contribution is 5.94. The lowest BCUT2D eigenvalue weighted by atomic mass is 10.1. The van der Waals surface area contributed by atoms with E-state index in [-0.39, 0.29) is 5.91 Å². The van der Waals surface area contributed by atoms with E-state index in [1.54, 1.807) is 19.2 Å². The van der Waals surface area contributed by atoms with Crippen LogP contribution < -0.4 is 20.1 Å². The number of nitrogens with zero attached hydrogens (tertiary/aromatic N) is 1. The standard InChI is InChI=1S/C19H31N3O3/c1-15(2)6-13-25-17-5-4-16(14-18(17)24-3)19(23)21-9-12-22-10-7-20-8-11-22/h4-5,14-15,20H,6-13H2,1-3H3,(H,21,23). The Bertz CT molecular complexity index is 543. The Hall–Kier alpha value is -1.79. The molecule has 6 heteroatoms. The Kier molecular flexibility index (Phi) is 8.01. The first-order valence-corrected chi connectivity index (χ1v) is 9.12. The largest absolute Gasteiger partial charge is 0.493 e. The smallest absolute Gasteiger partial charge is 0.251 e. The summed E-state index contributed by atoms with van der Waals surface area (Å²) in [5.74, 6) is 1.79. The van der Waals surface area contributed by atoms with Crippen LogP contribution in [0.1, 0.15) is 30.6 Å². The van der Waals surface area contributed by atoms with Crippen molar-refractivity contribution in [2.24, 2.45) is 5.92 Å². The number of benzene rings is 1. The van der Waals surface area contributed by atoms with Crippen LogP contribution in [0.25, 0.3) is 0 Å². The summed E-state index contributed by atoms with van der Waals surface area (Å²) in [7, 11) is 1.59. The highest BCUT2D eigenvalue weighted by Gasteiger charge is 2.13. The van der Waals surface area contributed by atoms with Crippen LogP contribution in [0.15, 0.2) is 18.2 Å². The van der Waals surface area contributed by atoms with Crippen molar-refractivity contribution in [3.8, 4) is 11.5 Å². The predicted molar refractivity (Wildman–Crippen MR) is 99.6 cm³/mol. The average molecular weight is 349 g/mol. The minimum Gasteiger partial charge on any atom is -0.493 e. The molecule has 6 nitrogen and oxygen atoms in total. The third-order valence-corrected chi connectivity index (χ3v) is 4.30. The topological polar surface area (TPSA) is 62.8 Å². The highest BCUT2D eigenvalue weighted by Crippen LogP contribution is 2.28. The van der Waals surface area contributed by atoms with E-state index < -0.39 is 0 Å². The van der Waals surface area contributed by atoms with E-state index in [1.165, 1.54) is 0 Å². The minimum absolute atomic E-state index is 0.0813. The molecule has 1 aliphatic heterocycles. The van der Waals surface area contributed by atoms with E-state index in [0.29, 0.717) is 36.1 Å². The van der Waals surface area contributed by atoms with Crippen LogP contribution in [-0.4, -0.2) is 63.8 Å². The molecule has 0 saturated carbocycles. The molecule has 140 valence electrons. The van der Waals surface area contributed by atoms with E-state index >= 15 is 0 Å². The van der Waals surface area contributed by atoms with Crippen LogP contribution >= 0.6 is 0 Å². The summed E-state index contributed by atoms with van der Waals surface area (Å²) in [6, 6.07) is 5.34. The van der Waals surface area contributed by atoms with Crippen molar-refractivity contribution in [1.82, 2.24) is 15.5 Å². The maximum absolute atomic E-state index is 12.3. The van der Waals surface area contributed by atoms with Gasteiger partial charge >= 0.3 is 0 Å². The highest BCUT2D eigenvalue weighted by atomic mass is 16.5. The van der Waals surface area contributed by atoms with Gasteiger partial charge < -0.3 is 20.1 Å². The Labute approximate surface area is 150 Å². The van der Waals surface area contributed by atoms with Crippen LogP contribution in [0.4, 0.5) is 0 Å². The molecule has 0 bridgehead atoms. The van der Waals surface area contributed by atoms with Crippen LogP contribution in [0.3, 0.4) is 0 Å². The molecule has 0 spiro atoms. The number of amides is 1. The SMILES string of the molecule is COc1cc(C(=O)NCCN2CCNCC2)ccc1OCCC(C)C. The number of hydrogen-bond donors (Lipinski definition) is 2. The third kappa shape index (κ3) is 6.55. The number of carbonyl (C=O) groups is 1. The first-order chi connectivity index (χ1) is 12.1. The molecule has 0 aromatic heterocycles. The fourth-order valence-electron chi connectivity index (χ4n) is 2.70. The second kappa shape index (κ2) is 10.3. The Morgan fingerprint density at radius 1 is 1.28 bits per heavy atom. The number of piperazine rings is 1. The van der Waals surface area contributed by atoms with Gasteiger partial charge in [-0.05, 0) is 30.5 Å². The molecule has 1 aromatic carbocycles. The number of carbonyl (C=O) groups excluding carboxylic acids is 1. The molecule has 0 radical (unpaired) electrons. The normalized spacial score (nSPS) is 15.2. The summed E-state index contributed by atoms with van der Waals surface area (Å²) < 4.78 is 11.1. The molecule has 0 unspecified atom stereocenters. The van der Waals surface area contributed by atoms with Gasteiger partial charge in [0.1, 0.15) is 0 Å². The van der Waals surface area contributed by atoms with Gasteiger partial charge in [0.15, 0.2) is 11.5 Å². The molecular formula is C19H31N3O3. The molecule has 1 aliphatic rings. The van der Waals surface area contributed by atoms with Crippen molar-refractivity contribution < 1.29 is 14.3 Å². The van der Waals surface area contributed by atoms with Gasteiger partial charge in [0.2, 0.25) is 0 Å². The van der Waals surface area contributed by atoms with Crippen LogP contribution in [-0.2, 0) is 0 Å². The summed E-state index contributed by atoms with van der Waals surface area (Å²) >= 11 is 0. The third-order valence-electron chi connectivity index (χ3n) is 4.30. The Balaban J connectivity index is 1.84. The van der Waals surface area contributed by atoms with Gasteiger partial charge in [-0.25, -0.2) is 0 Å². The number of ether oxygens (including phenoxy) is 2. The molecule has 0 atom stereocenters. The zero-order valence-electron chi connectivity index (χ0n) is 15.6. The first kappa shape index (κ1) is 19.5. The van der Waals surface area contributed by atoms with Gasteiger partial charge in [-0.2, -0.15) is 0 Å². The summed E-state index contributed by atoms with van der Waals surface area (Å²) in [5.41, 5.74) is 0.591. The maximum atomic E-state index is 12.3. The van der Waals surface area contributed by atoms with E-state index in [9.17, 15) is 4.79 Å². The van der Waals surface area contributed by atoms with Gasteiger partial charge in [-0.3, -0.25) is 9.69 Å². The average Bonchev–Trinajstić information content (AvgIpc) is 2.62. The Morgan fingerprint density at radius 3 is 2.72 bits per heavy atom. The molecule has 1 saturated heterocycles. The monoisotopic (exact) mass is 349 g/mol. The quantitative estimate of drug-likeness (QED) is 0.711. The van der Waals surface area contributed by atoms with Crippen LogP contribution in [0, 0.1) is 5.92 Å². The van der Waals surface area contributed by atoms with Crippen molar-refractivity contribution in [3.63, 3.8) is 0 Å². The molecule has 1 fully saturated rings. The maximum Gasteiger partial charge on any atom is 0.251 e. The Morgan fingerprint density at radius 2 is 2.04 bits per heavy atom. The second-order valence-corrected chi connectivity index (χ2v) is 6.74. The lowest BCUT2D eigenvalue weighted by molar-refractivity contribution is 0.0947. The van der Waals surface area contributed by atoms with Gasteiger partial charge in [-0.15, -0.1) is 0 Å². The zero-order valence-corrected chi connectivity index (χ0v) is 15.6. The van der Waals surface area contributed by atoms with Crippen molar-refractivity contribution in [1.29, 1.82) is 0 Å². The molecular weight excluding hydrogens is 318 g/mol.